The van der Waals surface area contributed by atoms with Gasteiger partial charge in [-0.05, 0) is 54.0 Å². The molecule has 0 heterocycles. The predicted molar refractivity (Wildman–Crippen MR) is 90.8 cm³/mol. The highest BCUT2D eigenvalue weighted by atomic mass is 19.1. The van der Waals surface area contributed by atoms with E-state index in [4.69, 9.17) is 4.74 Å². The van der Waals surface area contributed by atoms with Crippen LogP contribution in [0, 0.1) is 11.7 Å². The van der Waals surface area contributed by atoms with Gasteiger partial charge in [0.05, 0.1) is 6.61 Å². The normalized spacial score (nSPS) is 11.0. The molecular formula is C19H20FNO2. The minimum atomic E-state index is -0.300. The lowest BCUT2D eigenvalue weighted by Gasteiger charge is -2.09. The summed E-state index contributed by atoms with van der Waals surface area (Å²) < 4.78 is 18.4. The van der Waals surface area contributed by atoms with Crippen molar-refractivity contribution in [1.29, 1.82) is 0 Å². The number of anilines is 1. The average molecular weight is 313 g/mol. The third-order valence-electron chi connectivity index (χ3n) is 3.00. The van der Waals surface area contributed by atoms with Crippen LogP contribution in [0.3, 0.4) is 0 Å². The van der Waals surface area contributed by atoms with Crippen molar-refractivity contribution in [2.45, 2.75) is 13.8 Å². The van der Waals surface area contributed by atoms with Crippen molar-refractivity contribution in [3.05, 3.63) is 66.0 Å². The number of rotatable bonds is 6. The second-order valence-electron chi connectivity index (χ2n) is 5.60. The van der Waals surface area contributed by atoms with Gasteiger partial charge in [-0.25, -0.2) is 4.39 Å². The van der Waals surface area contributed by atoms with E-state index in [9.17, 15) is 9.18 Å². The molecule has 2 rings (SSSR count). The summed E-state index contributed by atoms with van der Waals surface area (Å²) in [5.74, 6) is 0.695. The summed E-state index contributed by atoms with van der Waals surface area (Å²) in [4.78, 5) is 11.8. The lowest BCUT2D eigenvalue weighted by atomic mass is 10.2. The van der Waals surface area contributed by atoms with E-state index >= 15 is 0 Å². The van der Waals surface area contributed by atoms with Gasteiger partial charge in [-0.15, -0.1) is 0 Å². The predicted octanol–water partition coefficient (Wildman–Crippen LogP) is 4.51. The van der Waals surface area contributed by atoms with E-state index in [0.717, 1.165) is 11.3 Å². The Bertz CT molecular complexity index is 661. The number of ether oxygens (including phenoxy) is 1. The van der Waals surface area contributed by atoms with Gasteiger partial charge in [-0.1, -0.05) is 26.0 Å². The second-order valence-corrected chi connectivity index (χ2v) is 5.60. The Kier molecular flexibility index (Phi) is 5.92. The summed E-state index contributed by atoms with van der Waals surface area (Å²) in [5, 5.41) is 2.76. The second kappa shape index (κ2) is 8.13. The molecule has 1 amide bonds. The van der Waals surface area contributed by atoms with E-state index < -0.39 is 0 Å². The van der Waals surface area contributed by atoms with Crippen molar-refractivity contribution < 1.29 is 13.9 Å². The molecule has 0 saturated carbocycles. The van der Waals surface area contributed by atoms with Crippen molar-refractivity contribution in [2.24, 2.45) is 5.92 Å². The van der Waals surface area contributed by atoms with Gasteiger partial charge in [0, 0.05) is 11.8 Å². The maximum Gasteiger partial charge on any atom is 0.248 e. The van der Waals surface area contributed by atoms with Crippen molar-refractivity contribution >= 4 is 17.7 Å². The summed E-state index contributed by atoms with van der Waals surface area (Å²) in [6, 6.07) is 13.2. The van der Waals surface area contributed by atoms with Crippen molar-refractivity contribution in [1.82, 2.24) is 0 Å². The molecule has 0 aliphatic rings. The number of carbonyl (C=O) groups excluding carboxylic acids is 1. The third kappa shape index (κ3) is 5.94. The molecule has 0 radical (unpaired) electrons. The first-order chi connectivity index (χ1) is 11.0. The van der Waals surface area contributed by atoms with E-state index in [2.05, 4.69) is 19.2 Å². The molecule has 0 unspecified atom stereocenters. The zero-order chi connectivity index (χ0) is 16.7. The molecule has 3 nitrogen and oxygen atoms in total. The number of nitrogens with one attached hydrogen (secondary N) is 1. The third-order valence-corrected chi connectivity index (χ3v) is 3.00. The van der Waals surface area contributed by atoms with Crippen LogP contribution >= 0.6 is 0 Å². The van der Waals surface area contributed by atoms with Crippen LogP contribution in [0.5, 0.6) is 5.75 Å². The van der Waals surface area contributed by atoms with Crippen LogP contribution < -0.4 is 10.1 Å². The van der Waals surface area contributed by atoms with Crippen molar-refractivity contribution in [2.75, 3.05) is 11.9 Å². The molecular weight excluding hydrogens is 293 g/mol. The number of hydrogen-bond donors (Lipinski definition) is 1. The van der Waals surface area contributed by atoms with Gasteiger partial charge < -0.3 is 10.1 Å². The van der Waals surface area contributed by atoms with E-state index in [1.165, 1.54) is 18.2 Å². The molecule has 0 fully saturated rings. The van der Waals surface area contributed by atoms with Crippen LogP contribution in [-0.2, 0) is 4.79 Å². The SMILES string of the molecule is CC(C)COc1ccc(NC(=O)/C=C/c2ccc(F)cc2)cc1. The Morgan fingerprint density at radius 1 is 1.13 bits per heavy atom. The smallest absolute Gasteiger partial charge is 0.248 e. The molecule has 4 heteroatoms. The van der Waals surface area contributed by atoms with Crippen LogP contribution in [0.15, 0.2) is 54.6 Å². The summed E-state index contributed by atoms with van der Waals surface area (Å²) in [7, 11) is 0. The van der Waals surface area contributed by atoms with Crippen LogP contribution in [0.2, 0.25) is 0 Å². The van der Waals surface area contributed by atoms with Crippen molar-refractivity contribution in [3.63, 3.8) is 0 Å². The number of carbonyl (C=O) groups is 1. The Morgan fingerprint density at radius 2 is 1.78 bits per heavy atom. The molecule has 23 heavy (non-hydrogen) atoms. The summed E-state index contributed by atoms with van der Waals surface area (Å²) in [6.45, 7) is 4.83. The molecule has 2 aromatic rings. The zero-order valence-corrected chi connectivity index (χ0v) is 13.3. The molecule has 0 saturated heterocycles. The zero-order valence-electron chi connectivity index (χ0n) is 13.3. The van der Waals surface area contributed by atoms with E-state index in [1.54, 1.807) is 30.3 Å². The Hall–Kier alpha value is -2.62. The van der Waals surface area contributed by atoms with E-state index in [1.807, 2.05) is 12.1 Å². The first kappa shape index (κ1) is 16.7. The van der Waals surface area contributed by atoms with Crippen molar-refractivity contribution in [3.8, 4) is 5.75 Å². The first-order valence-corrected chi connectivity index (χ1v) is 7.50. The number of halogens is 1. The lowest BCUT2D eigenvalue weighted by Crippen LogP contribution is -2.08. The molecule has 0 spiro atoms. The highest BCUT2D eigenvalue weighted by molar-refractivity contribution is 6.01. The quantitative estimate of drug-likeness (QED) is 0.797. The molecule has 1 N–H and O–H groups in total. The van der Waals surface area contributed by atoms with Crippen LogP contribution in [0.25, 0.3) is 6.08 Å². The lowest BCUT2D eigenvalue weighted by molar-refractivity contribution is -0.111. The first-order valence-electron chi connectivity index (χ1n) is 7.50. The minimum Gasteiger partial charge on any atom is -0.493 e. The van der Waals surface area contributed by atoms with Gasteiger partial charge in [-0.2, -0.15) is 0 Å². The maximum atomic E-state index is 12.8. The highest BCUT2D eigenvalue weighted by Crippen LogP contribution is 2.16. The van der Waals surface area contributed by atoms with Crippen LogP contribution in [0.1, 0.15) is 19.4 Å². The molecule has 0 aliphatic heterocycles. The van der Waals surface area contributed by atoms with Gasteiger partial charge in [-0.3, -0.25) is 4.79 Å². The van der Waals surface area contributed by atoms with Gasteiger partial charge in [0.2, 0.25) is 5.91 Å². The average Bonchev–Trinajstić information content (AvgIpc) is 2.53. The molecule has 0 bridgehead atoms. The Morgan fingerprint density at radius 3 is 2.39 bits per heavy atom. The number of amides is 1. The molecule has 0 atom stereocenters. The largest absolute Gasteiger partial charge is 0.493 e. The molecule has 0 aromatic heterocycles. The fourth-order valence-corrected chi connectivity index (χ4v) is 1.83. The van der Waals surface area contributed by atoms with E-state index in [0.29, 0.717) is 18.2 Å². The van der Waals surface area contributed by atoms with Gasteiger partial charge >= 0.3 is 0 Å². The summed E-state index contributed by atoms with van der Waals surface area (Å²) in [6.07, 6.45) is 3.05. The van der Waals surface area contributed by atoms with Gasteiger partial charge in [0.15, 0.2) is 0 Å². The highest BCUT2D eigenvalue weighted by Gasteiger charge is 2.00. The topological polar surface area (TPSA) is 38.3 Å². The summed E-state index contributed by atoms with van der Waals surface area (Å²) >= 11 is 0. The van der Waals surface area contributed by atoms with E-state index in [-0.39, 0.29) is 11.7 Å². The molecule has 0 aliphatic carbocycles. The monoisotopic (exact) mass is 313 g/mol. The standard InChI is InChI=1S/C19H20FNO2/c1-14(2)13-23-18-10-8-17(9-11-18)21-19(22)12-5-15-3-6-16(20)7-4-15/h3-12,14H,13H2,1-2H3,(H,21,22)/b12-5+. The van der Waals surface area contributed by atoms with Gasteiger partial charge in [0.25, 0.3) is 0 Å². The van der Waals surface area contributed by atoms with Gasteiger partial charge in [0.1, 0.15) is 11.6 Å². The van der Waals surface area contributed by atoms with Crippen LogP contribution in [0.4, 0.5) is 10.1 Å². The molecule has 120 valence electrons. The number of benzene rings is 2. The Labute approximate surface area is 135 Å². The fourth-order valence-electron chi connectivity index (χ4n) is 1.83. The fraction of sp³-hybridized carbons (Fsp3) is 0.211. The Balaban J connectivity index is 1.88. The van der Waals surface area contributed by atoms with Crippen LogP contribution in [-0.4, -0.2) is 12.5 Å². The number of hydrogen-bond acceptors (Lipinski definition) is 2. The minimum absolute atomic E-state index is 0.245. The maximum absolute atomic E-state index is 12.8. The summed E-state index contributed by atoms with van der Waals surface area (Å²) in [5.41, 5.74) is 1.45. The molecule has 2 aromatic carbocycles.